The first-order valence-corrected chi connectivity index (χ1v) is 9.34. The Labute approximate surface area is 163 Å². The van der Waals surface area contributed by atoms with Crippen molar-refractivity contribution in [2.45, 2.75) is 32.2 Å². The third-order valence-corrected chi connectivity index (χ3v) is 4.98. The van der Waals surface area contributed by atoms with Crippen molar-refractivity contribution in [1.82, 2.24) is 25.1 Å². The topological polar surface area (TPSA) is 87.7 Å². The number of amides is 1. The lowest BCUT2D eigenvalue weighted by Gasteiger charge is -2.33. The predicted octanol–water partition coefficient (Wildman–Crippen LogP) is 3.21. The van der Waals surface area contributed by atoms with Crippen molar-refractivity contribution in [1.29, 1.82) is 5.26 Å². The number of likely N-dealkylation sites (tertiary alicyclic amines) is 1. The van der Waals surface area contributed by atoms with Gasteiger partial charge < -0.3 is 4.90 Å². The zero-order valence-corrected chi connectivity index (χ0v) is 15.6. The second-order valence-corrected chi connectivity index (χ2v) is 6.98. The summed E-state index contributed by atoms with van der Waals surface area (Å²) in [6.07, 6.45) is 2.77. The molecule has 1 aliphatic rings. The van der Waals surface area contributed by atoms with Crippen LogP contribution in [0.25, 0.3) is 5.69 Å². The number of nitrogens with zero attached hydrogens (tertiary/aromatic N) is 6. The van der Waals surface area contributed by atoms with E-state index in [1.807, 2.05) is 36.1 Å². The number of benzene rings is 2. The molecular formula is C21H20N6O. The molecule has 1 aromatic heterocycles. The summed E-state index contributed by atoms with van der Waals surface area (Å²) in [5.74, 6) is 0.490. The molecule has 0 bridgehead atoms. The Morgan fingerprint density at radius 3 is 2.75 bits per heavy atom. The lowest BCUT2D eigenvalue weighted by molar-refractivity contribution is 0.0599. The molecule has 7 heteroatoms. The SMILES string of the molecule is Cc1cccc(-n2nnc(C3CCCCN3C(=O)c3ccc(C#N)cc3)n2)c1. The number of carbonyl (C=O) groups is 1. The van der Waals surface area contributed by atoms with Crippen LogP contribution in [0.1, 0.15) is 52.6 Å². The Kier molecular flexibility index (Phi) is 4.85. The van der Waals surface area contributed by atoms with Gasteiger partial charge >= 0.3 is 0 Å². The fourth-order valence-electron chi connectivity index (χ4n) is 3.52. The van der Waals surface area contributed by atoms with Crippen LogP contribution in [-0.4, -0.2) is 37.6 Å². The van der Waals surface area contributed by atoms with E-state index in [0.717, 1.165) is 30.5 Å². The number of nitriles is 1. The molecule has 7 nitrogen and oxygen atoms in total. The highest BCUT2D eigenvalue weighted by Crippen LogP contribution is 2.30. The Bertz CT molecular complexity index is 1030. The van der Waals surface area contributed by atoms with E-state index >= 15 is 0 Å². The lowest BCUT2D eigenvalue weighted by Crippen LogP contribution is -2.39. The van der Waals surface area contributed by atoms with Crippen LogP contribution in [0, 0.1) is 18.3 Å². The third-order valence-electron chi connectivity index (χ3n) is 4.98. The molecule has 2 heterocycles. The van der Waals surface area contributed by atoms with Crippen molar-refractivity contribution in [3.05, 3.63) is 71.0 Å². The van der Waals surface area contributed by atoms with Crippen LogP contribution in [0.2, 0.25) is 0 Å². The van der Waals surface area contributed by atoms with Crippen molar-refractivity contribution in [2.24, 2.45) is 0 Å². The summed E-state index contributed by atoms with van der Waals surface area (Å²) in [6, 6.07) is 16.5. The zero-order chi connectivity index (χ0) is 19.5. The van der Waals surface area contributed by atoms with Crippen LogP contribution in [0.3, 0.4) is 0 Å². The number of hydrogen-bond donors (Lipinski definition) is 0. The summed E-state index contributed by atoms with van der Waals surface area (Å²) < 4.78 is 0. The second-order valence-electron chi connectivity index (χ2n) is 6.98. The number of piperidine rings is 1. The van der Waals surface area contributed by atoms with Gasteiger partial charge in [0.25, 0.3) is 5.91 Å². The molecule has 1 atom stereocenters. The molecular weight excluding hydrogens is 352 g/mol. The maximum Gasteiger partial charge on any atom is 0.254 e. The van der Waals surface area contributed by atoms with E-state index in [1.165, 1.54) is 4.80 Å². The first-order chi connectivity index (χ1) is 13.7. The smallest absolute Gasteiger partial charge is 0.254 e. The van der Waals surface area contributed by atoms with Crippen LogP contribution in [0.4, 0.5) is 0 Å². The van der Waals surface area contributed by atoms with Gasteiger partial charge in [-0.05, 0) is 73.4 Å². The number of aryl methyl sites for hydroxylation is 1. The maximum atomic E-state index is 13.1. The molecule has 1 saturated heterocycles. The molecule has 140 valence electrons. The number of rotatable bonds is 3. The van der Waals surface area contributed by atoms with Crippen LogP contribution in [-0.2, 0) is 0 Å². The minimum absolute atomic E-state index is 0.0684. The van der Waals surface area contributed by atoms with Crippen LogP contribution in [0.5, 0.6) is 0 Å². The number of carbonyl (C=O) groups excluding carboxylic acids is 1. The van der Waals surface area contributed by atoms with E-state index in [2.05, 4.69) is 21.5 Å². The molecule has 0 radical (unpaired) electrons. The van der Waals surface area contributed by atoms with Gasteiger partial charge in [0, 0.05) is 12.1 Å². The second kappa shape index (κ2) is 7.61. The van der Waals surface area contributed by atoms with E-state index in [9.17, 15) is 4.79 Å². The molecule has 0 saturated carbocycles. The number of aromatic nitrogens is 4. The largest absolute Gasteiger partial charge is 0.328 e. The molecule has 2 aromatic carbocycles. The van der Waals surface area contributed by atoms with E-state index < -0.39 is 0 Å². The monoisotopic (exact) mass is 372 g/mol. The van der Waals surface area contributed by atoms with Crippen molar-refractivity contribution < 1.29 is 4.79 Å². The molecule has 1 aliphatic heterocycles. The fourth-order valence-corrected chi connectivity index (χ4v) is 3.52. The minimum atomic E-state index is -0.199. The molecule has 4 rings (SSSR count). The van der Waals surface area contributed by atoms with Crippen molar-refractivity contribution in [3.63, 3.8) is 0 Å². The summed E-state index contributed by atoms with van der Waals surface area (Å²) in [5.41, 5.74) is 3.07. The molecule has 1 unspecified atom stereocenters. The van der Waals surface area contributed by atoms with Gasteiger partial charge in [0.05, 0.1) is 23.4 Å². The molecule has 1 amide bonds. The van der Waals surface area contributed by atoms with Crippen molar-refractivity contribution in [3.8, 4) is 11.8 Å². The van der Waals surface area contributed by atoms with Crippen molar-refractivity contribution >= 4 is 5.91 Å². The van der Waals surface area contributed by atoms with E-state index in [-0.39, 0.29) is 11.9 Å². The third kappa shape index (κ3) is 3.49. The van der Waals surface area contributed by atoms with Gasteiger partial charge in [-0.1, -0.05) is 12.1 Å². The Hall–Kier alpha value is -3.53. The highest BCUT2D eigenvalue weighted by atomic mass is 16.2. The number of hydrogen-bond acceptors (Lipinski definition) is 5. The Morgan fingerprint density at radius 2 is 2.00 bits per heavy atom. The highest BCUT2D eigenvalue weighted by Gasteiger charge is 2.32. The highest BCUT2D eigenvalue weighted by molar-refractivity contribution is 5.94. The van der Waals surface area contributed by atoms with Gasteiger partial charge in [0.2, 0.25) is 0 Å². The first kappa shape index (κ1) is 17.9. The summed E-state index contributed by atoms with van der Waals surface area (Å²) in [7, 11) is 0. The lowest BCUT2D eigenvalue weighted by atomic mass is 10.00. The van der Waals surface area contributed by atoms with Crippen LogP contribution >= 0.6 is 0 Å². The predicted molar refractivity (Wildman–Crippen MR) is 103 cm³/mol. The minimum Gasteiger partial charge on any atom is -0.328 e. The van der Waals surface area contributed by atoms with E-state index in [1.54, 1.807) is 24.3 Å². The van der Waals surface area contributed by atoms with Crippen molar-refractivity contribution in [2.75, 3.05) is 6.54 Å². The summed E-state index contributed by atoms with van der Waals surface area (Å²) in [6.45, 7) is 2.67. The van der Waals surface area contributed by atoms with Crippen LogP contribution in [0.15, 0.2) is 48.5 Å². The summed E-state index contributed by atoms with van der Waals surface area (Å²) >= 11 is 0. The zero-order valence-electron chi connectivity index (χ0n) is 15.6. The normalized spacial score (nSPS) is 16.6. The molecule has 1 fully saturated rings. The van der Waals surface area contributed by atoms with E-state index in [4.69, 9.17) is 5.26 Å². The van der Waals surface area contributed by atoms with E-state index in [0.29, 0.717) is 23.5 Å². The van der Waals surface area contributed by atoms with Gasteiger partial charge in [-0.25, -0.2) is 0 Å². The average Bonchev–Trinajstić information content (AvgIpc) is 3.23. The Balaban J connectivity index is 1.60. The fraction of sp³-hybridized carbons (Fsp3) is 0.286. The Morgan fingerprint density at radius 1 is 1.18 bits per heavy atom. The van der Waals surface area contributed by atoms with Gasteiger partial charge in [-0.15, -0.1) is 15.0 Å². The van der Waals surface area contributed by atoms with Gasteiger partial charge in [-0.2, -0.15) is 5.26 Å². The number of tetrazole rings is 1. The van der Waals surface area contributed by atoms with Crippen LogP contribution < -0.4 is 0 Å². The summed E-state index contributed by atoms with van der Waals surface area (Å²) in [5, 5.41) is 21.9. The average molecular weight is 372 g/mol. The molecule has 0 aliphatic carbocycles. The molecule has 0 N–H and O–H groups in total. The summed E-state index contributed by atoms with van der Waals surface area (Å²) in [4.78, 5) is 16.4. The molecule has 28 heavy (non-hydrogen) atoms. The first-order valence-electron chi connectivity index (χ1n) is 9.34. The quantitative estimate of drug-likeness (QED) is 0.704. The standard InChI is InChI=1S/C21H20N6O/c1-15-5-4-6-18(13-15)27-24-20(23-25-27)19-7-2-3-12-26(19)21(28)17-10-8-16(14-22)9-11-17/h4-6,8-11,13,19H,2-3,7,12H2,1H3. The molecule has 3 aromatic rings. The molecule has 0 spiro atoms. The maximum absolute atomic E-state index is 13.1. The van der Waals surface area contributed by atoms with Gasteiger partial charge in [0.15, 0.2) is 5.82 Å². The van der Waals surface area contributed by atoms with Gasteiger partial charge in [0.1, 0.15) is 0 Å². The van der Waals surface area contributed by atoms with Gasteiger partial charge in [-0.3, -0.25) is 4.79 Å².